The minimum absolute atomic E-state index is 0.170. The van der Waals surface area contributed by atoms with Crippen LogP contribution in [0, 0.1) is 5.82 Å². The van der Waals surface area contributed by atoms with E-state index in [9.17, 15) is 14.0 Å². The maximum atomic E-state index is 14.4. The van der Waals surface area contributed by atoms with E-state index in [-0.39, 0.29) is 24.6 Å². The zero-order valence-corrected chi connectivity index (χ0v) is 27.6. The normalized spacial score (nSPS) is 14.6. The third kappa shape index (κ3) is 6.84. The summed E-state index contributed by atoms with van der Waals surface area (Å²) in [6.45, 7) is 6.35. The van der Waals surface area contributed by atoms with Gasteiger partial charge in [-0.1, -0.05) is 104 Å². The van der Waals surface area contributed by atoms with E-state index in [1.807, 2.05) is 54.6 Å². The number of aromatic nitrogens is 1. The summed E-state index contributed by atoms with van der Waals surface area (Å²) in [6, 6.07) is 27.9. The van der Waals surface area contributed by atoms with Crippen LogP contribution in [0.3, 0.4) is 0 Å². The zero-order chi connectivity index (χ0) is 33.1. The van der Waals surface area contributed by atoms with Crippen LogP contribution in [-0.4, -0.2) is 17.1 Å². The quantitative estimate of drug-likeness (QED) is 0.154. The van der Waals surface area contributed by atoms with Crippen LogP contribution in [0.5, 0.6) is 5.75 Å². The van der Waals surface area contributed by atoms with Gasteiger partial charge in [-0.15, -0.1) is 0 Å². The maximum absolute atomic E-state index is 14.4. The van der Waals surface area contributed by atoms with E-state index in [1.54, 1.807) is 47.9 Å². The molecule has 2 heterocycles. The van der Waals surface area contributed by atoms with Crippen LogP contribution >= 0.6 is 22.9 Å². The number of fused-ring (bicyclic) bond motifs is 1. The van der Waals surface area contributed by atoms with Crippen LogP contribution in [0.15, 0.2) is 112 Å². The molecular weight excluding hydrogens is 635 g/mol. The lowest BCUT2D eigenvalue weighted by Gasteiger charge is -2.26. The fourth-order valence-corrected chi connectivity index (χ4v) is 6.64. The lowest BCUT2D eigenvalue weighted by Crippen LogP contribution is -2.40. The third-order valence-electron chi connectivity index (χ3n) is 7.86. The molecule has 47 heavy (non-hydrogen) atoms. The lowest BCUT2D eigenvalue weighted by atomic mass is 9.91. The van der Waals surface area contributed by atoms with Gasteiger partial charge in [0.05, 0.1) is 28.5 Å². The van der Waals surface area contributed by atoms with E-state index in [2.05, 4.69) is 13.8 Å². The van der Waals surface area contributed by atoms with Crippen molar-refractivity contribution in [3.63, 3.8) is 0 Å². The Labute approximate surface area is 280 Å². The largest absolute Gasteiger partial charge is 0.488 e. The number of nitrogens with zero attached hydrogens (tertiary/aromatic N) is 2. The molecule has 0 fully saturated rings. The molecule has 0 unspecified atom stereocenters. The van der Waals surface area contributed by atoms with Crippen LogP contribution in [0.2, 0.25) is 5.02 Å². The number of benzene rings is 4. The highest BCUT2D eigenvalue weighted by molar-refractivity contribution is 7.07. The second-order valence-electron chi connectivity index (χ2n) is 11.4. The molecule has 5 aromatic rings. The molecule has 0 aliphatic carbocycles. The standard InChI is InChI=1S/C38H32ClFN2O4S/c1-4-45-37(44)33-34(26-8-6-5-7-9-26)41-38-42(35(33)27-14-12-25(13-15-27)23(2)3)36(43)32(47-38)21-28-20-29(39)16-19-31(28)46-22-24-10-17-30(40)18-11-24/h5-21,23,35H,4,22H2,1-3H3/b32-21-/t35-/m0/s1. The van der Waals surface area contributed by atoms with Crippen LogP contribution in [0.4, 0.5) is 4.39 Å². The minimum atomic E-state index is -0.780. The van der Waals surface area contributed by atoms with Crippen LogP contribution < -0.4 is 19.6 Å². The molecule has 1 atom stereocenters. The second kappa shape index (κ2) is 13.9. The van der Waals surface area contributed by atoms with Crippen molar-refractivity contribution < 1.29 is 18.7 Å². The average Bonchev–Trinajstić information content (AvgIpc) is 3.38. The second-order valence-corrected chi connectivity index (χ2v) is 12.8. The highest BCUT2D eigenvalue weighted by Gasteiger charge is 2.35. The minimum Gasteiger partial charge on any atom is -0.488 e. The fraction of sp³-hybridized carbons (Fsp3) is 0.184. The first-order valence-electron chi connectivity index (χ1n) is 15.3. The Bertz CT molecular complexity index is 2140. The number of esters is 1. The first-order valence-corrected chi connectivity index (χ1v) is 16.5. The summed E-state index contributed by atoms with van der Waals surface area (Å²) in [7, 11) is 0. The van der Waals surface area contributed by atoms with Crippen LogP contribution in [0.25, 0.3) is 11.8 Å². The van der Waals surface area contributed by atoms with Gasteiger partial charge in [-0.05, 0) is 65.9 Å². The molecule has 0 radical (unpaired) electrons. The first-order chi connectivity index (χ1) is 22.7. The molecule has 0 spiro atoms. The van der Waals surface area contributed by atoms with Crippen molar-refractivity contribution in [1.82, 2.24) is 4.57 Å². The molecule has 4 aromatic carbocycles. The molecule has 1 aliphatic rings. The van der Waals surface area contributed by atoms with E-state index in [1.165, 1.54) is 23.5 Å². The smallest absolute Gasteiger partial charge is 0.338 e. The van der Waals surface area contributed by atoms with Crippen LogP contribution in [0.1, 0.15) is 60.5 Å². The van der Waals surface area contributed by atoms with E-state index >= 15 is 0 Å². The Morgan fingerprint density at radius 1 is 1.02 bits per heavy atom. The van der Waals surface area contributed by atoms with Crippen molar-refractivity contribution in [1.29, 1.82) is 0 Å². The molecule has 0 bridgehead atoms. The lowest BCUT2D eigenvalue weighted by molar-refractivity contribution is -0.138. The molecule has 6 rings (SSSR count). The van der Waals surface area contributed by atoms with E-state index in [4.69, 9.17) is 26.1 Å². The third-order valence-corrected chi connectivity index (χ3v) is 9.08. The van der Waals surface area contributed by atoms with Gasteiger partial charge in [-0.2, -0.15) is 0 Å². The van der Waals surface area contributed by atoms with Crippen molar-refractivity contribution in [2.75, 3.05) is 6.61 Å². The molecule has 1 aliphatic heterocycles. The number of rotatable bonds is 9. The molecule has 0 N–H and O–H groups in total. The molecule has 0 saturated carbocycles. The van der Waals surface area contributed by atoms with Crippen molar-refractivity contribution in [3.05, 3.63) is 161 Å². The molecule has 0 amide bonds. The maximum Gasteiger partial charge on any atom is 0.338 e. The van der Waals surface area contributed by atoms with Gasteiger partial charge < -0.3 is 9.47 Å². The van der Waals surface area contributed by atoms with Crippen molar-refractivity contribution in [2.45, 2.75) is 39.3 Å². The summed E-state index contributed by atoms with van der Waals surface area (Å²) < 4.78 is 27.1. The first kappa shape index (κ1) is 32.2. The number of thiazole rings is 1. The number of carbonyl (C=O) groups excluding carboxylic acids is 1. The van der Waals surface area contributed by atoms with E-state index in [0.717, 1.165) is 22.3 Å². The highest BCUT2D eigenvalue weighted by atomic mass is 35.5. The van der Waals surface area contributed by atoms with Gasteiger partial charge in [0, 0.05) is 16.1 Å². The summed E-state index contributed by atoms with van der Waals surface area (Å²) >= 11 is 7.61. The van der Waals surface area contributed by atoms with Gasteiger partial charge in [-0.25, -0.2) is 14.2 Å². The number of carbonyl (C=O) groups is 1. The number of halogens is 2. The van der Waals surface area contributed by atoms with E-state index < -0.39 is 12.0 Å². The molecular formula is C38H32ClFN2O4S. The molecule has 6 nitrogen and oxygen atoms in total. The Hall–Kier alpha value is -4.79. The Balaban J connectivity index is 1.53. The predicted octanol–water partition coefficient (Wildman–Crippen LogP) is 7.43. The van der Waals surface area contributed by atoms with Crippen molar-refractivity contribution in [3.8, 4) is 5.75 Å². The SMILES string of the molecule is CCOC(=O)C1=C(c2ccccc2)N=c2s/c(=C\c3cc(Cl)ccc3OCc3ccc(F)cc3)c(=O)n2[C@H]1c1ccc(C(C)C)cc1. The summed E-state index contributed by atoms with van der Waals surface area (Å²) in [5, 5.41) is 0.470. The highest BCUT2D eigenvalue weighted by Crippen LogP contribution is 2.35. The van der Waals surface area contributed by atoms with Gasteiger partial charge in [0.1, 0.15) is 18.2 Å². The molecule has 0 saturated heterocycles. The Morgan fingerprint density at radius 3 is 2.43 bits per heavy atom. The van der Waals surface area contributed by atoms with Gasteiger partial charge in [0.15, 0.2) is 4.80 Å². The van der Waals surface area contributed by atoms with Gasteiger partial charge in [-0.3, -0.25) is 9.36 Å². The number of hydrogen-bond acceptors (Lipinski definition) is 6. The van der Waals surface area contributed by atoms with Crippen LogP contribution in [-0.2, 0) is 16.1 Å². The summed E-state index contributed by atoms with van der Waals surface area (Å²) in [4.78, 5) is 33.5. The topological polar surface area (TPSA) is 69.9 Å². The average molecular weight is 667 g/mol. The summed E-state index contributed by atoms with van der Waals surface area (Å²) in [6.07, 6.45) is 1.73. The number of ether oxygens (including phenoxy) is 2. The number of hydrogen-bond donors (Lipinski definition) is 0. The monoisotopic (exact) mass is 666 g/mol. The molecule has 238 valence electrons. The van der Waals surface area contributed by atoms with E-state index in [0.29, 0.717) is 42.9 Å². The Morgan fingerprint density at radius 2 is 1.74 bits per heavy atom. The predicted molar refractivity (Wildman–Crippen MR) is 184 cm³/mol. The zero-order valence-electron chi connectivity index (χ0n) is 26.1. The van der Waals surface area contributed by atoms with Crippen molar-refractivity contribution in [2.24, 2.45) is 4.99 Å². The Kier molecular flexibility index (Phi) is 9.52. The molecule has 1 aromatic heterocycles. The van der Waals surface area contributed by atoms with Crippen molar-refractivity contribution >= 4 is 40.7 Å². The molecule has 9 heteroatoms. The summed E-state index contributed by atoms with van der Waals surface area (Å²) in [5.74, 6) is -0.0496. The van der Waals surface area contributed by atoms with Gasteiger partial charge in [0.2, 0.25) is 0 Å². The summed E-state index contributed by atoms with van der Waals surface area (Å²) in [5.41, 5.74) is 4.46. The van der Waals surface area contributed by atoms with Gasteiger partial charge >= 0.3 is 5.97 Å². The van der Waals surface area contributed by atoms with Gasteiger partial charge in [0.25, 0.3) is 5.56 Å². The fourth-order valence-electron chi connectivity index (χ4n) is 5.47.